The lowest BCUT2D eigenvalue weighted by Crippen LogP contribution is -2.16. The lowest BCUT2D eigenvalue weighted by Gasteiger charge is -2.17. The van der Waals surface area contributed by atoms with Gasteiger partial charge < -0.3 is 4.79 Å². The smallest absolute Gasteiger partial charge is 0.125 e. The van der Waals surface area contributed by atoms with Gasteiger partial charge in [0.05, 0.1) is 0 Å². The van der Waals surface area contributed by atoms with Crippen molar-refractivity contribution in [3.05, 3.63) is 35.4 Å². The summed E-state index contributed by atoms with van der Waals surface area (Å²) in [4.78, 5) is 10.7. The van der Waals surface area contributed by atoms with Crippen molar-refractivity contribution in [3.8, 4) is 0 Å². The fourth-order valence-corrected chi connectivity index (χ4v) is 1.34. The van der Waals surface area contributed by atoms with E-state index >= 15 is 0 Å². The lowest BCUT2D eigenvalue weighted by molar-refractivity contribution is -0.114. The standard InChI is InChI=1S/C12H16O/c1-10-6-4-5-7-11(10)8-12(2,3)9-13/h4-7,9H,8H2,1-3H3. The van der Waals surface area contributed by atoms with Gasteiger partial charge in [0.25, 0.3) is 0 Å². The van der Waals surface area contributed by atoms with Crippen LogP contribution in [-0.4, -0.2) is 6.29 Å². The summed E-state index contributed by atoms with van der Waals surface area (Å²) in [5.74, 6) is 0. The van der Waals surface area contributed by atoms with Gasteiger partial charge in [0, 0.05) is 5.41 Å². The average molecular weight is 176 g/mol. The van der Waals surface area contributed by atoms with E-state index in [0.717, 1.165) is 12.7 Å². The molecule has 0 saturated heterocycles. The van der Waals surface area contributed by atoms with Crippen LogP contribution in [-0.2, 0) is 11.2 Å². The summed E-state index contributed by atoms with van der Waals surface area (Å²) in [6, 6.07) is 8.20. The first kappa shape index (κ1) is 9.97. The van der Waals surface area contributed by atoms with E-state index in [9.17, 15) is 4.79 Å². The SMILES string of the molecule is Cc1ccccc1CC(C)(C)C=O. The lowest BCUT2D eigenvalue weighted by atomic mass is 9.86. The molecule has 1 heteroatoms. The number of benzene rings is 1. The molecule has 13 heavy (non-hydrogen) atoms. The number of aryl methyl sites for hydroxylation is 1. The second-order valence-electron chi connectivity index (χ2n) is 4.21. The first-order chi connectivity index (χ1) is 6.05. The number of carbonyl (C=O) groups is 1. The van der Waals surface area contributed by atoms with E-state index in [-0.39, 0.29) is 5.41 Å². The molecule has 1 rings (SSSR count). The van der Waals surface area contributed by atoms with Crippen molar-refractivity contribution in [1.29, 1.82) is 0 Å². The number of rotatable bonds is 3. The van der Waals surface area contributed by atoms with E-state index in [1.165, 1.54) is 11.1 Å². The fourth-order valence-electron chi connectivity index (χ4n) is 1.34. The molecule has 0 aliphatic heterocycles. The highest BCUT2D eigenvalue weighted by Gasteiger charge is 2.17. The fraction of sp³-hybridized carbons (Fsp3) is 0.417. The zero-order valence-corrected chi connectivity index (χ0v) is 8.50. The van der Waals surface area contributed by atoms with Gasteiger partial charge >= 0.3 is 0 Å². The predicted molar refractivity (Wildman–Crippen MR) is 54.7 cm³/mol. The molecule has 0 amide bonds. The predicted octanol–water partition coefficient (Wildman–Crippen LogP) is 2.76. The number of carbonyl (C=O) groups excluding carboxylic acids is 1. The molecule has 0 N–H and O–H groups in total. The van der Waals surface area contributed by atoms with Crippen LogP contribution in [0.1, 0.15) is 25.0 Å². The number of aldehydes is 1. The van der Waals surface area contributed by atoms with Gasteiger partial charge in [-0.3, -0.25) is 0 Å². The van der Waals surface area contributed by atoms with E-state index in [1.807, 2.05) is 26.0 Å². The minimum Gasteiger partial charge on any atom is -0.303 e. The molecule has 0 aliphatic carbocycles. The molecule has 1 aromatic rings. The van der Waals surface area contributed by atoms with Crippen molar-refractivity contribution in [1.82, 2.24) is 0 Å². The summed E-state index contributed by atoms with van der Waals surface area (Å²) in [6.07, 6.45) is 1.85. The van der Waals surface area contributed by atoms with Crippen molar-refractivity contribution < 1.29 is 4.79 Å². The van der Waals surface area contributed by atoms with E-state index in [4.69, 9.17) is 0 Å². The molecule has 0 aromatic heterocycles. The zero-order chi connectivity index (χ0) is 9.90. The second-order valence-corrected chi connectivity index (χ2v) is 4.21. The highest BCUT2D eigenvalue weighted by molar-refractivity contribution is 5.58. The Hall–Kier alpha value is -1.11. The molecular weight excluding hydrogens is 160 g/mol. The van der Waals surface area contributed by atoms with Crippen molar-refractivity contribution in [2.24, 2.45) is 5.41 Å². The van der Waals surface area contributed by atoms with E-state index < -0.39 is 0 Å². The monoisotopic (exact) mass is 176 g/mol. The van der Waals surface area contributed by atoms with Gasteiger partial charge in [0.1, 0.15) is 6.29 Å². The molecule has 0 atom stereocenters. The van der Waals surface area contributed by atoms with Crippen LogP contribution < -0.4 is 0 Å². The van der Waals surface area contributed by atoms with Crippen LogP contribution >= 0.6 is 0 Å². The second kappa shape index (κ2) is 3.73. The molecule has 70 valence electrons. The van der Waals surface area contributed by atoms with Crippen LogP contribution in [0.4, 0.5) is 0 Å². The summed E-state index contributed by atoms with van der Waals surface area (Å²) >= 11 is 0. The average Bonchev–Trinajstić information content (AvgIpc) is 2.09. The van der Waals surface area contributed by atoms with Crippen LogP contribution in [0.2, 0.25) is 0 Å². The zero-order valence-electron chi connectivity index (χ0n) is 8.50. The molecule has 0 aliphatic rings. The minimum atomic E-state index is -0.244. The maximum absolute atomic E-state index is 10.7. The van der Waals surface area contributed by atoms with Crippen LogP contribution in [0, 0.1) is 12.3 Å². The molecule has 0 radical (unpaired) electrons. The van der Waals surface area contributed by atoms with Crippen molar-refractivity contribution in [2.75, 3.05) is 0 Å². The normalized spacial score (nSPS) is 11.3. The first-order valence-corrected chi connectivity index (χ1v) is 4.56. The van der Waals surface area contributed by atoms with Gasteiger partial charge in [-0.25, -0.2) is 0 Å². The van der Waals surface area contributed by atoms with Gasteiger partial charge in [-0.2, -0.15) is 0 Å². The third kappa shape index (κ3) is 2.69. The van der Waals surface area contributed by atoms with Crippen molar-refractivity contribution in [3.63, 3.8) is 0 Å². The largest absolute Gasteiger partial charge is 0.303 e. The summed E-state index contributed by atoms with van der Waals surface area (Å²) in [7, 11) is 0. The Morgan fingerprint density at radius 3 is 2.46 bits per heavy atom. The molecule has 1 nitrogen and oxygen atoms in total. The minimum absolute atomic E-state index is 0.244. The molecule has 0 bridgehead atoms. The van der Waals surface area contributed by atoms with Gasteiger partial charge in [-0.15, -0.1) is 0 Å². The van der Waals surface area contributed by atoms with Crippen LogP contribution in [0.5, 0.6) is 0 Å². The van der Waals surface area contributed by atoms with Gasteiger partial charge in [0.15, 0.2) is 0 Å². The Morgan fingerprint density at radius 2 is 1.92 bits per heavy atom. The summed E-state index contributed by atoms with van der Waals surface area (Å²) < 4.78 is 0. The highest BCUT2D eigenvalue weighted by atomic mass is 16.1. The third-order valence-electron chi connectivity index (χ3n) is 2.23. The van der Waals surface area contributed by atoms with Gasteiger partial charge in [-0.05, 0) is 24.5 Å². The van der Waals surface area contributed by atoms with E-state index in [1.54, 1.807) is 0 Å². The molecule has 1 aromatic carbocycles. The molecule has 0 spiro atoms. The molecule has 0 fully saturated rings. The summed E-state index contributed by atoms with van der Waals surface area (Å²) in [5.41, 5.74) is 2.28. The maximum Gasteiger partial charge on any atom is 0.125 e. The Bertz CT molecular complexity index is 300. The van der Waals surface area contributed by atoms with Gasteiger partial charge in [-0.1, -0.05) is 38.1 Å². The quantitative estimate of drug-likeness (QED) is 0.647. The summed E-state index contributed by atoms with van der Waals surface area (Å²) in [5, 5.41) is 0. The highest BCUT2D eigenvalue weighted by Crippen LogP contribution is 2.20. The molecule has 0 heterocycles. The van der Waals surface area contributed by atoms with Crippen molar-refractivity contribution in [2.45, 2.75) is 27.2 Å². The molecule has 0 unspecified atom stereocenters. The Labute approximate surface area is 79.8 Å². The topological polar surface area (TPSA) is 17.1 Å². The van der Waals surface area contributed by atoms with Crippen LogP contribution in [0.3, 0.4) is 0 Å². The Kier molecular flexibility index (Phi) is 2.86. The Morgan fingerprint density at radius 1 is 1.31 bits per heavy atom. The summed E-state index contributed by atoms with van der Waals surface area (Å²) in [6.45, 7) is 6.01. The molecule has 0 saturated carbocycles. The number of hydrogen-bond acceptors (Lipinski definition) is 1. The van der Waals surface area contributed by atoms with Gasteiger partial charge in [0.2, 0.25) is 0 Å². The van der Waals surface area contributed by atoms with Crippen LogP contribution in [0.15, 0.2) is 24.3 Å². The maximum atomic E-state index is 10.7. The van der Waals surface area contributed by atoms with E-state index in [0.29, 0.717) is 0 Å². The number of hydrogen-bond donors (Lipinski definition) is 0. The Balaban J connectivity index is 2.86. The third-order valence-corrected chi connectivity index (χ3v) is 2.23. The van der Waals surface area contributed by atoms with Crippen LogP contribution in [0.25, 0.3) is 0 Å². The first-order valence-electron chi connectivity index (χ1n) is 4.56. The van der Waals surface area contributed by atoms with E-state index in [2.05, 4.69) is 19.1 Å². The molecular formula is C12H16O. The van der Waals surface area contributed by atoms with Crippen molar-refractivity contribution >= 4 is 6.29 Å².